The van der Waals surface area contributed by atoms with Crippen LogP contribution in [0.1, 0.15) is 13.3 Å². The highest BCUT2D eigenvalue weighted by atomic mass is 32.2. The summed E-state index contributed by atoms with van der Waals surface area (Å²) < 4.78 is 18.3. The van der Waals surface area contributed by atoms with Gasteiger partial charge in [-0.3, -0.25) is 10.2 Å². The first kappa shape index (κ1) is 14.4. The lowest BCUT2D eigenvalue weighted by Crippen LogP contribution is -2.03. The minimum absolute atomic E-state index is 0.578. The van der Waals surface area contributed by atoms with Crippen molar-refractivity contribution in [2.75, 3.05) is 15.9 Å². The van der Waals surface area contributed by atoms with Crippen LogP contribution in [0.25, 0.3) is 0 Å². The molecule has 0 bridgehead atoms. The van der Waals surface area contributed by atoms with E-state index in [4.69, 9.17) is 4.52 Å². The van der Waals surface area contributed by atoms with Crippen LogP contribution in [0.5, 0.6) is 5.75 Å². The Labute approximate surface area is 128 Å². The minimum atomic E-state index is -3.13. The highest BCUT2D eigenvalue weighted by Gasteiger charge is 2.33. The minimum Gasteiger partial charge on any atom is -0.414 e. The second-order valence-electron chi connectivity index (χ2n) is 4.74. The van der Waals surface area contributed by atoms with Crippen LogP contribution >= 0.6 is 19.4 Å². The van der Waals surface area contributed by atoms with Gasteiger partial charge >= 0.3 is 7.67 Å². The lowest BCUT2D eigenvalue weighted by molar-refractivity contribution is 0.494. The van der Waals surface area contributed by atoms with Crippen molar-refractivity contribution in [3.8, 4) is 5.75 Å². The number of fused-ring (bicyclic) bond motifs is 1. The molecule has 1 unspecified atom stereocenters. The van der Waals surface area contributed by atoms with Gasteiger partial charge in [-0.25, -0.2) is 4.57 Å². The van der Waals surface area contributed by atoms with Crippen LogP contribution < -0.4 is 14.7 Å². The Bertz CT molecular complexity index is 679. The van der Waals surface area contributed by atoms with Crippen molar-refractivity contribution in [3.63, 3.8) is 0 Å². The van der Waals surface area contributed by atoms with Gasteiger partial charge in [-0.1, -0.05) is 25.1 Å². The first-order valence-electron chi connectivity index (χ1n) is 6.87. The quantitative estimate of drug-likeness (QED) is 0.585. The Hall–Kier alpha value is -1.58. The van der Waals surface area contributed by atoms with Crippen molar-refractivity contribution in [2.45, 2.75) is 18.2 Å². The normalized spacial score (nSPS) is 19.5. The van der Waals surface area contributed by atoms with Crippen molar-refractivity contribution >= 4 is 30.8 Å². The summed E-state index contributed by atoms with van der Waals surface area (Å²) in [6.07, 6.45) is 1.13. The monoisotopic (exact) mass is 320 g/mol. The van der Waals surface area contributed by atoms with Crippen molar-refractivity contribution in [3.05, 3.63) is 48.5 Å². The lowest BCUT2D eigenvalue weighted by atomic mass is 10.3. The molecule has 0 saturated heterocycles. The topological polar surface area (TPSA) is 50.4 Å². The Morgan fingerprint density at radius 3 is 2.62 bits per heavy atom. The highest BCUT2D eigenvalue weighted by Crippen LogP contribution is 2.55. The Morgan fingerprint density at radius 1 is 1.10 bits per heavy atom. The van der Waals surface area contributed by atoms with Gasteiger partial charge in [-0.15, -0.1) is 11.8 Å². The second kappa shape index (κ2) is 6.04. The fraction of sp³-hybridized carbons (Fsp3) is 0.200. The molecule has 0 aliphatic carbocycles. The van der Waals surface area contributed by atoms with E-state index in [1.807, 2.05) is 36.4 Å². The molecule has 4 nitrogen and oxygen atoms in total. The first-order chi connectivity index (χ1) is 10.2. The predicted molar refractivity (Wildman–Crippen MR) is 89.4 cm³/mol. The molecule has 0 aromatic heterocycles. The fourth-order valence-corrected chi connectivity index (χ4v) is 4.43. The zero-order chi connectivity index (χ0) is 14.7. The molecule has 0 spiro atoms. The van der Waals surface area contributed by atoms with Crippen LogP contribution in [-0.4, -0.2) is 5.75 Å². The van der Waals surface area contributed by atoms with Crippen molar-refractivity contribution in [1.29, 1.82) is 0 Å². The summed E-state index contributed by atoms with van der Waals surface area (Å²) in [6.45, 7) is 2.15. The molecular formula is C15H17N2O2PS. The van der Waals surface area contributed by atoms with Crippen LogP contribution in [0.3, 0.4) is 0 Å². The summed E-state index contributed by atoms with van der Waals surface area (Å²) in [5.74, 6) is 1.65. The van der Waals surface area contributed by atoms with E-state index in [1.165, 1.54) is 0 Å². The molecule has 0 amide bonds. The van der Waals surface area contributed by atoms with E-state index in [-0.39, 0.29) is 0 Å². The molecule has 0 fully saturated rings. The molecule has 110 valence electrons. The number of nitrogens with one attached hydrogen (secondary N) is 2. The van der Waals surface area contributed by atoms with E-state index in [0.29, 0.717) is 5.75 Å². The predicted octanol–water partition coefficient (Wildman–Crippen LogP) is 5.21. The lowest BCUT2D eigenvalue weighted by Gasteiger charge is -2.14. The van der Waals surface area contributed by atoms with Crippen molar-refractivity contribution in [1.82, 2.24) is 0 Å². The fourth-order valence-electron chi connectivity index (χ4n) is 2.04. The third-order valence-corrected chi connectivity index (χ3v) is 5.71. The number of hydrogen-bond acceptors (Lipinski definition) is 3. The van der Waals surface area contributed by atoms with Gasteiger partial charge in [0.1, 0.15) is 5.75 Å². The molecular weight excluding hydrogens is 303 g/mol. The maximum absolute atomic E-state index is 12.7. The average molecular weight is 320 g/mol. The smallest absolute Gasteiger partial charge is 0.414 e. The van der Waals surface area contributed by atoms with Gasteiger partial charge in [0.15, 0.2) is 0 Å². The molecule has 1 aliphatic rings. The van der Waals surface area contributed by atoms with E-state index in [0.717, 1.165) is 28.4 Å². The maximum atomic E-state index is 12.7. The zero-order valence-electron chi connectivity index (χ0n) is 11.7. The Balaban J connectivity index is 1.75. The highest BCUT2D eigenvalue weighted by molar-refractivity contribution is 7.99. The summed E-state index contributed by atoms with van der Waals surface area (Å²) in [6, 6.07) is 15.2. The Morgan fingerprint density at radius 2 is 1.86 bits per heavy atom. The number of benzene rings is 2. The third kappa shape index (κ3) is 3.36. The van der Waals surface area contributed by atoms with Crippen LogP contribution in [0.4, 0.5) is 11.4 Å². The summed E-state index contributed by atoms with van der Waals surface area (Å²) >= 11 is 1.79. The maximum Gasteiger partial charge on any atom is 0.444 e. The van der Waals surface area contributed by atoms with Gasteiger partial charge in [0.2, 0.25) is 0 Å². The van der Waals surface area contributed by atoms with Gasteiger partial charge < -0.3 is 4.52 Å². The van der Waals surface area contributed by atoms with E-state index in [1.54, 1.807) is 23.9 Å². The summed E-state index contributed by atoms with van der Waals surface area (Å²) in [5.41, 5.74) is 1.64. The van der Waals surface area contributed by atoms with Gasteiger partial charge in [-0.05, 0) is 42.5 Å². The summed E-state index contributed by atoms with van der Waals surface area (Å²) in [7, 11) is -3.13. The molecule has 21 heavy (non-hydrogen) atoms. The molecule has 3 rings (SSSR count). The largest absolute Gasteiger partial charge is 0.444 e. The van der Waals surface area contributed by atoms with Crippen molar-refractivity contribution in [2.24, 2.45) is 0 Å². The van der Waals surface area contributed by atoms with E-state index in [2.05, 4.69) is 17.1 Å². The van der Waals surface area contributed by atoms with Gasteiger partial charge in [-0.2, -0.15) is 0 Å². The molecule has 2 N–H and O–H groups in total. The third-order valence-electron chi connectivity index (χ3n) is 2.98. The van der Waals surface area contributed by atoms with Crippen LogP contribution in [0.2, 0.25) is 0 Å². The standard InChI is InChI=1S/C15H17N2O2PS/c1-2-10-21-13-8-9-14-15(11-13)17-20(18,16-14)19-12-6-4-3-5-7-12/h3-9,11H,2,10H2,1H3,(H2,16,17,18). The summed E-state index contributed by atoms with van der Waals surface area (Å²) in [5, 5.41) is 5.94. The van der Waals surface area contributed by atoms with E-state index < -0.39 is 7.67 Å². The van der Waals surface area contributed by atoms with Crippen LogP contribution in [0, 0.1) is 0 Å². The molecule has 1 atom stereocenters. The number of thioether (sulfide) groups is 1. The molecule has 2 aromatic rings. The number of anilines is 2. The Kier molecular flexibility index (Phi) is 4.13. The second-order valence-corrected chi connectivity index (χ2v) is 7.64. The molecule has 0 saturated carbocycles. The van der Waals surface area contributed by atoms with Gasteiger partial charge in [0.25, 0.3) is 0 Å². The first-order valence-corrected chi connectivity index (χ1v) is 9.48. The molecule has 0 radical (unpaired) electrons. The van der Waals surface area contributed by atoms with E-state index in [9.17, 15) is 4.57 Å². The number of hydrogen-bond donors (Lipinski definition) is 2. The molecule has 2 aromatic carbocycles. The molecule has 1 heterocycles. The van der Waals surface area contributed by atoms with Crippen molar-refractivity contribution < 1.29 is 9.09 Å². The van der Waals surface area contributed by atoms with Crippen LogP contribution in [0.15, 0.2) is 53.4 Å². The number of rotatable bonds is 5. The number of para-hydroxylation sites is 1. The van der Waals surface area contributed by atoms with Gasteiger partial charge in [0.05, 0.1) is 11.4 Å². The molecule has 6 heteroatoms. The average Bonchev–Trinajstić information content (AvgIpc) is 2.81. The SMILES string of the molecule is CCCSc1ccc2c(c1)NP(=O)(Oc1ccccc1)N2. The molecule has 1 aliphatic heterocycles. The van der Waals surface area contributed by atoms with Gasteiger partial charge in [0, 0.05) is 4.90 Å². The van der Waals surface area contributed by atoms with E-state index >= 15 is 0 Å². The summed E-state index contributed by atoms with van der Waals surface area (Å²) in [4.78, 5) is 1.16. The zero-order valence-corrected chi connectivity index (χ0v) is 13.4. The van der Waals surface area contributed by atoms with Crippen LogP contribution in [-0.2, 0) is 4.57 Å².